The Labute approximate surface area is 99.8 Å². The van der Waals surface area contributed by atoms with Crippen molar-refractivity contribution in [2.45, 2.75) is 18.6 Å². The van der Waals surface area contributed by atoms with Crippen LogP contribution in [0.4, 0.5) is 13.2 Å². The van der Waals surface area contributed by atoms with E-state index in [0.717, 1.165) is 0 Å². The van der Waals surface area contributed by atoms with Crippen molar-refractivity contribution < 1.29 is 13.2 Å². The number of aromatic amines is 1. The summed E-state index contributed by atoms with van der Waals surface area (Å²) in [5.74, 6) is 0.111. The Balaban J connectivity index is 2.30. The zero-order chi connectivity index (χ0) is 12.6. The molecule has 1 aromatic carbocycles. The minimum Gasteiger partial charge on any atom is -0.341 e. The van der Waals surface area contributed by atoms with E-state index in [1.165, 1.54) is 0 Å². The fourth-order valence-corrected chi connectivity index (χ4v) is 1.69. The number of imidazole rings is 1. The topological polar surface area (TPSA) is 54.7 Å². The Morgan fingerprint density at radius 2 is 2.12 bits per heavy atom. The van der Waals surface area contributed by atoms with Crippen LogP contribution in [0, 0.1) is 0 Å². The SMILES string of the molecule is NC(CC(F)(F)F)c1nc2cc(Cl)ccc2[nH]1. The molecule has 0 amide bonds. The summed E-state index contributed by atoms with van der Waals surface area (Å²) in [4.78, 5) is 6.74. The maximum atomic E-state index is 12.2. The number of hydrogen-bond acceptors (Lipinski definition) is 2. The third kappa shape index (κ3) is 2.89. The summed E-state index contributed by atoms with van der Waals surface area (Å²) in [5, 5.41) is 0.472. The summed E-state index contributed by atoms with van der Waals surface area (Å²) >= 11 is 5.75. The first-order valence-corrected chi connectivity index (χ1v) is 5.20. The van der Waals surface area contributed by atoms with Gasteiger partial charge in [0.1, 0.15) is 5.82 Å². The fourth-order valence-electron chi connectivity index (χ4n) is 1.52. The first kappa shape index (κ1) is 12.2. The lowest BCUT2D eigenvalue weighted by Crippen LogP contribution is -2.21. The molecule has 0 aliphatic rings. The molecule has 0 radical (unpaired) electrons. The standard InChI is InChI=1S/C10H9ClF3N3/c11-5-1-2-7-8(3-5)17-9(16-7)6(15)4-10(12,13)14/h1-3,6H,4,15H2,(H,16,17). The van der Waals surface area contributed by atoms with Crippen molar-refractivity contribution in [3.8, 4) is 0 Å². The molecule has 17 heavy (non-hydrogen) atoms. The Hall–Kier alpha value is -1.27. The number of hydrogen-bond donors (Lipinski definition) is 2. The Bertz CT molecular complexity index is 535. The number of rotatable bonds is 2. The molecule has 0 saturated carbocycles. The van der Waals surface area contributed by atoms with Gasteiger partial charge in [-0.2, -0.15) is 13.2 Å². The van der Waals surface area contributed by atoms with E-state index in [1.807, 2.05) is 0 Å². The van der Waals surface area contributed by atoms with Crippen LogP contribution >= 0.6 is 11.6 Å². The third-order valence-corrected chi connectivity index (χ3v) is 2.50. The lowest BCUT2D eigenvalue weighted by atomic mass is 10.2. The summed E-state index contributed by atoms with van der Waals surface area (Å²) in [5.41, 5.74) is 6.55. The molecule has 0 saturated heterocycles. The van der Waals surface area contributed by atoms with E-state index in [1.54, 1.807) is 18.2 Å². The highest BCUT2D eigenvalue weighted by molar-refractivity contribution is 6.31. The second kappa shape index (κ2) is 4.19. The van der Waals surface area contributed by atoms with Gasteiger partial charge in [-0.25, -0.2) is 4.98 Å². The van der Waals surface area contributed by atoms with E-state index in [2.05, 4.69) is 9.97 Å². The predicted molar refractivity (Wildman–Crippen MR) is 58.7 cm³/mol. The van der Waals surface area contributed by atoms with Gasteiger partial charge in [-0.3, -0.25) is 0 Å². The van der Waals surface area contributed by atoms with E-state index in [4.69, 9.17) is 17.3 Å². The van der Waals surface area contributed by atoms with Crippen LogP contribution in [-0.4, -0.2) is 16.1 Å². The molecule has 3 nitrogen and oxygen atoms in total. The van der Waals surface area contributed by atoms with Crippen LogP contribution in [0.5, 0.6) is 0 Å². The molecule has 2 aromatic rings. The van der Waals surface area contributed by atoms with Crippen LogP contribution in [0.2, 0.25) is 5.02 Å². The smallest absolute Gasteiger partial charge is 0.341 e. The zero-order valence-corrected chi connectivity index (χ0v) is 9.31. The fraction of sp³-hybridized carbons (Fsp3) is 0.300. The maximum absolute atomic E-state index is 12.2. The molecule has 0 aliphatic carbocycles. The van der Waals surface area contributed by atoms with Gasteiger partial charge in [0.05, 0.1) is 23.5 Å². The van der Waals surface area contributed by atoms with Gasteiger partial charge in [-0.15, -0.1) is 0 Å². The van der Waals surface area contributed by atoms with Crippen molar-refractivity contribution in [2.75, 3.05) is 0 Å². The summed E-state index contributed by atoms with van der Waals surface area (Å²) in [6.45, 7) is 0. The van der Waals surface area contributed by atoms with Gasteiger partial charge in [-0.05, 0) is 18.2 Å². The number of halogens is 4. The van der Waals surface area contributed by atoms with E-state index in [-0.39, 0.29) is 5.82 Å². The molecular formula is C10H9ClF3N3. The van der Waals surface area contributed by atoms with Gasteiger partial charge < -0.3 is 10.7 Å². The normalized spacial score (nSPS) is 14.2. The average Bonchev–Trinajstić information content (AvgIpc) is 2.57. The van der Waals surface area contributed by atoms with E-state index >= 15 is 0 Å². The van der Waals surface area contributed by atoms with Crippen molar-refractivity contribution >= 4 is 22.6 Å². The largest absolute Gasteiger partial charge is 0.391 e. The molecule has 0 aliphatic heterocycles. The highest BCUT2D eigenvalue weighted by atomic mass is 35.5. The Kier molecular flexibility index (Phi) is 3.01. The number of alkyl halides is 3. The molecule has 1 atom stereocenters. The van der Waals surface area contributed by atoms with Crippen LogP contribution in [0.15, 0.2) is 18.2 Å². The number of benzene rings is 1. The van der Waals surface area contributed by atoms with Gasteiger partial charge in [-0.1, -0.05) is 11.6 Å². The zero-order valence-electron chi connectivity index (χ0n) is 8.55. The van der Waals surface area contributed by atoms with Crippen LogP contribution in [-0.2, 0) is 0 Å². The van der Waals surface area contributed by atoms with Crippen LogP contribution in [0.3, 0.4) is 0 Å². The van der Waals surface area contributed by atoms with Crippen molar-refractivity contribution in [3.63, 3.8) is 0 Å². The minimum atomic E-state index is -4.31. The van der Waals surface area contributed by atoms with E-state index in [0.29, 0.717) is 16.1 Å². The van der Waals surface area contributed by atoms with Crippen molar-refractivity contribution in [1.82, 2.24) is 9.97 Å². The van der Waals surface area contributed by atoms with Gasteiger partial charge in [0.25, 0.3) is 0 Å². The predicted octanol–water partition coefficient (Wildman–Crippen LogP) is 3.17. The summed E-state index contributed by atoms with van der Waals surface area (Å²) in [6, 6.07) is 3.65. The van der Waals surface area contributed by atoms with Gasteiger partial charge in [0.15, 0.2) is 0 Å². The quantitative estimate of drug-likeness (QED) is 0.874. The molecule has 0 fully saturated rings. The summed E-state index contributed by atoms with van der Waals surface area (Å²) in [6.07, 6.45) is -5.42. The average molecular weight is 264 g/mol. The molecule has 2 rings (SSSR count). The first-order valence-electron chi connectivity index (χ1n) is 4.82. The van der Waals surface area contributed by atoms with Crippen molar-refractivity contribution in [1.29, 1.82) is 0 Å². The summed E-state index contributed by atoms with van der Waals surface area (Å²) < 4.78 is 36.5. The lowest BCUT2D eigenvalue weighted by molar-refractivity contribution is -0.138. The number of aromatic nitrogens is 2. The molecule has 0 bridgehead atoms. The van der Waals surface area contributed by atoms with E-state index in [9.17, 15) is 13.2 Å². The molecular weight excluding hydrogens is 255 g/mol. The van der Waals surface area contributed by atoms with Crippen LogP contribution in [0.1, 0.15) is 18.3 Å². The molecule has 1 unspecified atom stereocenters. The molecule has 1 aromatic heterocycles. The third-order valence-electron chi connectivity index (χ3n) is 2.27. The maximum Gasteiger partial charge on any atom is 0.391 e. The number of fused-ring (bicyclic) bond motifs is 1. The van der Waals surface area contributed by atoms with Crippen LogP contribution in [0.25, 0.3) is 11.0 Å². The molecule has 1 heterocycles. The Morgan fingerprint density at radius 3 is 2.76 bits per heavy atom. The summed E-state index contributed by atoms with van der Waals surface area (Å²) in [7, 11) is 0. The van der Waals surface area contributed by atoms with Crippen LogP contribution < -0.4 is 5.73 Å². The highest BCUT2D eigenvalue weighted by Crippen LogP contribution is 2.28. The molecule has 92 valence electrons. The van der Waals surface area contributed by atoms with Gasteiger partial charge in [0, 0.05) is 5.02 Å². The molecule has 3 N–H and O–H groups in total. The van der Waals surface area contributed by atoms with Gasteiger partial charge in [0.2, 0.25) is 0 Å². The van der Waals surface area contributed by atoms with E-state index < -0.39 is 18.6 Å². The second-order valence-corrected chi connectivity index (χ2v) is 4.15. The number of H-pyrrole nitrogens is 1. The van der Waals surface area contributed by atoms with Crippen molar-refractivity contribution in [2.24, 2.45) is 5.73 Å². The number of nitrogens with zero attached hydrogens (tertiary/aromatic N) is 1. The molecule has 7 heteroatoms. The first-order chi connectivity index (χ1) is 7.85. The highest BCUT2D eigenvalue weighted by Gasteiger charge is 2.32. The Morgan fingerprint density at radius 1 is 1.41 bits per heavy atom. The lowest BCUT2D eigenvalue weighted by Gasteiger charge is -2.11. The number of nitrogens with one attached hydrogen (secondary N) is 1. The number of nitrogens with two attached hydrogens (primary N) is 1. The monoisotopic (exact) mass is 263 g/mol. The van der Waals surface area contributed by atoms with Crippen molar-refractivity contribution in [3.05, 3.63) is 29.0 Å². The minimum absolute atomic E-state index is 0.111. The van der Waals surface area contributed by atoms with Gasteiger partial charge >= 0.3 is 6.18 Å². The second-order valence-electron chi connectivity index (χ2n) is 3.71. The molecule has 0 spiro atoms.